The molecule has 0 saturated heterocycles. The first-order chi connectivity index (χ1) is 26.3. The van der Waals surface area contributed by atoms with Crippen LogP contribution in [0.2, 0.25) is 0 Å². The van der Waals surface area contributed by atoms with Crippen molar-refractivity contribution in [3.63, 3.8) is 0 Å². The summed E-state index contributed by atoms with van der Waals surface area (Å²) in [4.78, 5) is 60.4. The van der Waals surface area contributed by atoms with Gasteiger partial charge in [0.05, 0.1) is 57.6 Å². The molecule has 0 aliphatic carbocycles. The fourth-order valence-corrected chi connectivity index (χ4v) is 6.21. The number of fused-ring (bicyclic) bond motifs is 1. The minimum Gasteiger partial charge on any atom is -0.548 e. The van der Waals surface area contributed by atoms with E-state index in [9.17, 15) is 24.3 Å². The molecule has 0 saturated carbocycles. The number of unbranched alkanes of at least 4 members (excludes halogenated alkanes) is 14. The smallest absolute Gasteiger partial charge is 0.303 e. The number of hydrogen-bond acceptors (Lipinski definition) is 10. The Labute approximate surface area is 326 Å². The third-order valence-electron chi connectivity index (χ3n) is 9.58. The van der Waals surface area contributed by atoms with E-state index >= 15 is 0 Å². The summed E-state index contributed by atoms with van der Waals surface area (Å²) >= 11 is 0. The number of aromatic amines is 1. The zero-order valence-electron chi connectivity index (χ0n) is 33.7. The van der Waals surface area contributed by atoms with E-state index in [0.29, 0.717) is 11.4 Å². The Bertz CT molecular complexity index is 1610. The van der Waals surface area contributed by atoms with Gasteiger partial charge in [0.15, 0.2) is 11.2 Å². The highest BCUT2D eigenvalue weighted by Crippen LogP contribution is 2.14. The number of nitrogens with zero attached hydrogens (tertiary/aromatic N) is 4. The molecule has 2 heterocycles. The van der Waals surface area contributed by atoms with Crippen molar-refractivity contribution in [1.29, 1.82) is 0 Å². The molecule has 0 spiro atoms. The van der Waals surface area contributed by atoms with Crippen LogP contribution in [-0.2, 0) is 16.1 Å². The Balaban J connectivity index is 0.000000404. The number of quaternary nitrogens is 1. The quantitative estimate of drug-likeness (QED) is 0.0450. The first-order valence-electron chi connectivity index (χ1n) is 20.3. The van der Waals surface area contributed by atoms with E-state index in [1.54, 1.807) is 12.1 Å². The first kappa shape index (κ1) is 46.6. The summed E-state index contributed by atoms with van der Waals surface area (Å²) in [6.07, 6.45) is 23.8. The van der Waals surface area contributed by atoms with Crippen LogP contribution in [0.25, 0.3) is 11.2 Å². The summed E-state index contributed by atoms with van der Waals surface area (Å²) in [5, 5.41) is 25.1. The molecular weight excluding hydrogens is 701 g/mol. The van der Waals surface area contributed by atoms with Gasteiger partial charge in [-0.2, -0.15) is 4.98 Å². The molecule has 14 nitrogen and oxygen atoms in total. The number of benzene rings is 1. The predicted octanol–water partition coefficient (Wildman–Crippen LogP) is 5.96. The zero-order valence-corrected chi connectivity index (χ0v) is 33.7. The van der Waals surface area contributed by atoms with Crippen molar-refractivity contribution in [3.8, 4) is 0 Å². The monoisotopic (exact) mass is 767 g/mol. The molecule has 55 heavy (non-hydrogen) atoms. The average molecular weight is 767 g/mol. The van der Waals surface area contributed by atoms with Gasteiger partial charge in [-0.15, -0.1) is 0 Å². The number of rotatable bonds is 27. The lowest BCUT2D eigenvalue weighted by atomic mass is 10.1. The predicted molar refractivity (Wildman–Crippen MR) is 216 cm³/mol. The lowest BCUT2D eigenvalue weighted by Gasteiger charge is -2.30. The first-order valence-corrected chi connectivity index (χ1v) is 20.3. The molecule has 0 aliphatic rings. The highest BCUT2D eigenvalue weighted by atomic mass is 16.4. The number of carbonyl (C=O) groups excluding carboxylic acids is 2. The van der Waals surface area contributed by atoms with E-state index in [1.807, 2.05) is 0 Å². The summed E-state index contributed by atoms with van der Waals surface area (Å²) in [7, 11) is 4.87. The molecule has 0 bridgehead atoms. The Morgan fingerprint density at radius 1 is 0.836 bits per heavy atom. The number of aliphatic carboxylic acids is 2. The molecule has 14 heteroatoms. The lowest BCUT2D eigenvalue weighted by Crippen LogP contribution is -2.48. The van der Waals surface area contributed by atoms with Crippen molar-refractivity contribution < 1.29 is 29.1 Å². The minimum atomic E-state index is -1.56. The minimum absolute atomic E-state index is 0.0518. The molecule has 2 aromatic heterocycles. The number of anilines is 2. The standard InChI is InChI=1S/C22H48N.C19H19N7O6/c1-5-7-9-11-13-15-17-19-21-23(3,4)22-20-18-16-14-12-10-8-6-2;20-19-25-15-14(17(30)26-19)23-11(8-22-15)7-21-10-3-1-9(2-4-10)16(29)24-12(18(31)32)5-6-13(27)28/h5-22H2,1-4H3;1-4,8,12,21H,5-7H2,(H,24,29)(H,27,28)(H,31,32)(H3,20,22,25,26,30)/q+1;/p-1/t;12-/m.1/s1. The van der Waals surface area contributed by atoms with Gasteiger partial charge in [0.2, 0.25) is 5.95 Å². The molecule has 1 amide bonds. The second kappa shape index (κ2) is 26.3. The summed E-state index contributed by atoms with van der Waals surface area (Å²) < 4.78 is 1.24. The van der Waals surface area contributed by atoms with Gasteiger partial charge >= 0.3 is 5.97 Å². The fraction of sp³-hybridized carbons (Fsp3) is 0.634. The number of nitrogen functional groups attached to an aromatic ring is 1. The van der Waals surface area contributed by atoms with Gasteiger partial charge in [-0.05, 0) is 56.4 Å². The summed E-state index contributed by atoms with van der Waals surface area (Å²) in [5.74, 6) is -3.48. The summed E-state index contributed by atoms with van der Waals surface area (Å²) in [5.41, 5.74) is 6.41. The number of H-pyrrole nitrogens is 1. The second-order valence-electron chi connectivity index (χ2n) is 15.0. The topological polar surface area (TPSA) is 216 Å². The normalized spacial score (nSPS) is 11.8. The zero-order chi connectivity index (χ0) is 40.5. The van der Waals surface area contributed by atoms with E-state index in [4.69, 9.17) is 10.8 Å². The van der Waals surface area contributed by atoms with Crippen LogP contribution >= 0.6 is 0 Å². The molecule has 3 rings (SSSR count). The number of carbonyl (C=O) groups is 3. The van der Waals surface area contributed by atoms with Gasteiger partial charge in [0.1, 0.15) is 0 Å². The van der Waals surface area contributed by atoms with E-state index in [-0.39, 0.29) is 35.6 Å². The lowest BCUT2D eigenvalue weighted by molar-refractivity contribution is -0.890. The van der Waals surface area contributed by atoms with Crippen LogP contribution in [0.5, 0.6) is 0 Å². The van der Waals surface area contributed by atoms with E-state index in [2.05, 4.69) is 58.5 Å². The molecule has 6 N–H and O–H groups in total. The van der Waals surface area contributed by atoms with E-state index in [1.165, 1.54) is 139 Å². The Hall–Kier alpha value is -4.59. The molecule has 0 fully saturated rings. The molecule has 0 aliphatic heterocycles. The summed E-state index contributed by atoms with van der Waals surface area (Å²) in [6, 6.07) is 4.68. The molecule has 0 unspecified atom stereocenters. The van der Waals surface area contributed by atoms with Crippen LogP contribution in [0.15, 0.2) is 35.3 Å². The number of amides is 1. The molecule has 306 valence electrons. The number of hydrogen-bond donors (Lipinski definition) is 5. The van der Waals surface area contributed by atoms with E-state index < -0.39 is 35.9 Å². The average Bonchev–Trinajstić information content (AvgIpc) is 3.15. The van der Waals surface area contributed by atoms with Gasteiger partial charge in [-0.3, -0.25) is 19.4 Å². The van der Waals surface area contributed by atoms with Crippen molar-refractivity contribution in [2.24, 2.45) is 0 Å². The second-order valence-corrected chi connectivity index (χ2v) is 15.0. The highest BCUT2D eigenvalue weighted by Gasteiger charge is 2.17. The van der Waals surface area contributed by atoms with Crippen LogP contribution in [0.4, 0.5) is 11.6 Å². The van der Waals surface area contributed by atoms with Crippen LogP contribution in [0, 0.1) is 0 Å². The molecule has 1 aromatic carbocycles. The van der Waals surface area contributed by atoms with Crippen LogP contribution < -0.4 is 27.0 Å². The molecule has 0 radical (unpaired) electrons. The van der Waals surface area contributed by atoms with Crippen molar-refractivity contribution in [2.75, 3.05) is 38.2 Å². The molecular formula is C41H66N8O6. The van der Waals surface area contributed by atoms with Crippen LogP contribution in [0.3, 0.4) is 0 Å². The Morgan fingerprint density at radius 3 is 1.87 bits per heavy atom. The van der Waals surface area contributed by atoms with Crippen LogP contribution in [-0.4, -0.2) is 80.6 Å². The largest absolute Gasteiger partial charge is 0.548 e. The maximum Gasteiger partial charge on any atom is 0.303 e. The maximum atomic E-state index is 12.2. The number of carboxylic acid groups (broad SMARTS) is 2. The third kappa shape index (κ3) is 20.1. The van der Waals surface area contributed by atoms with Crippen molar-refractivity contribution in [2.45, 2.75) is 142 Å². The number of aromatic nitrogens is 4. The van der Waals surface area contributed by atoms with Gasteiger partial charge in [-0.25, -0.2) is 9.97 Å². The number of carboxylic acids is 2. The Kier molecular flexibility index (Phi) is 22.2. The number of nitrogens with two attached hydrogens (primary N) is 1. The third-order valence-corrected chi connectivity index (χ3v) is 9.58. The van der Waals surface area contributed by atoms with Gasteiger partial charge in [-0.1, -0.05) is 90.9 Å². The van der Waals surface area contributed by atoms with Gasteiger partial charge in [0.25, 0.3) is 11.5 Å². The molecule has 3 aromatic rings. The van der Waals surface area contributed by atoms with Gasteiger partial charge in [0, 0.05) is 17.7 Å². The SMILES string of the molecule is CCCCCCCCCC[N+](C)(C)CCCCCCCCCC.Nc1nc2ncc(CNc3ccc(C(=O)N[C@H](CCC(=O)O)C(=O)[O-])cc3)nc2c(=O)[nH]1. The fourth-order valence-electron chi connectivity index (χ4n) is 6.21. The van der Waals surface area contributed by atoms with Crippen molar-refractivity contribution in [1.82, 2.24) is 25.3 Å². The van der Waals surface area contributed by atoms with Crippen molar-refractivity contribution >= 4 is 40.6 Å². The van der Waals surface area contributed by atoms with Crippen molar-refractivity contribution in [3.05, 3.63) is 52.1 Å². The van der Waals surface area contributed by atoms with Gasteiger partial charge < -0.3 is 35.9 Å². The number of nitrogens with one attached hydrogen (secondary N) is 3. The highest BCUT2D eigenvalue weighted by molar-refractivity contribution is 5.96. The van der Waals surface area contributed by atoms with E-state index in [0.717, 1.165) is 0 Å². The molecule has 1 atom stereocenters. The maximum absolute atomic E-state index is 12.2. The van der Waals surface area contributed by atoms with Crippen LogP contribution in [0.1, 0.15) is 145 Å². The Morgan fingerprint density at radius 2 is 1.36 bits per heavy atom. The summed E-state index contributed by atoms with van der Waals surface area (Å²) in [6.45, 7) is 7.58.